The van der Waals surface area contributed by atoms with Gasteiger partial charge < -0.3 is 9.47 Å². The van der Waals surface area contributed by atoms with Crippen molar-refractivity contribution < 1.29 is 4.39 Å². The van der Waals surface area contributed by atoms with Crippen molar-refractivity contribution in [2.24, 2.45) is 7.05 Å². The van der Waals surface area contributed by atoms with Crippen molar-refractivity contribution in [2.45, 2.75) is 18.5 Å². The van der Waals surface area contributed by atoms with Gasteiger partial charge in [0.1, 0.15) is 12.4 Å². The molecule has 0 N–H and O–H groups in total. The van der Waals surface area contributed by atoms with Crippen LogP contribution in [0.25, 0.3) is 11.3 Å². The summed E-state index contributed by atoms with van der Waals surface area (Å²) in [6, 6.07) is 5.69. The minimum Gasteiger partial charge on any atom is -0.368 e. The molecule has 4 heterocycles. The molecule has 136 valence electrons. The predicted octanol–water partition coefficient (Wildman–Crippen LogP) is 2.00. The monoisotopic (exact) mass is 364 g/mol. The highest BCUT2D eigenvalue weighted by molar-refractivity contribution is 5.79. The van der Waals surface area contributed by atoms with Gasteiger partial charge in [-0.1, -0.05) is 0 Å². The van der Waals surface area contributed by atoms with Crippen LogP contribution in [0.1, 0.15) is 24.2 Å². The number of aryl methyl sites for hydroxylation is 1. The lowest BCUT2D eigenvalue weighted by Gasteiger charge is -2.37. The summed E-state index contributed by atoms with van der Waals surface area (Å²) in [5.41, 5.74) is 1.08. The van der Waals surface area contributed by atoms with E-state index < -0.39 is 5.67 Å². The maximum atomic E-state index is 15.4. The lowest BCUT2D eigenvalue weighted by molar-refractivity contribution is 0.109. The Bertz CT molecular complexity index is 986. The molecule has 1 saturated heterocycles. The number of rotatable bonds is 3. The van der Waals surface area contributed by atoms with E-state index >= 15 is 4.39 Å². The minimum atomic E-state index is -1.53. The molecule has 0 spiro atoms. The number of nitriles is 1. The minimum absolute atomic E-state index is 0.257. The van der Waals surface area contributed by atoms with E-state index in [4.69, 9.17) is 0 Å². The maximum Gasteiger partial charge on any atom is 0.173 e. The normalized spacial score (nSPS) is 16.1. The lowest BCUT2D eigenvalue weighted by atomic mass is 9.91. The van der Waals surface area contributed by atoms with Crippen molar-refractivity contribution in [1.82, 2.24) is 29.9 Å². The van der Waals surface area contributed by atoms with Gasteiger partial charge in [0.05, 0.1) is 29.3 Å². The molecule has 8 nitrogen and oxygen atoms in total. The van der Waals surface area contributed by atoms with Crippen molar-refractivity contribution in [3.63, 3.8) is 0 Å². The summed E-state index contributed by atoms with van der Waals surface area (Å²) in [6.45, 7) is 0.879. The van der Waals surface area contributed by atoms with Crippen LogP contribution in [0, 0.1) is 11.3 Å². The number of pyridine rings is 1. The number of alkyl halides is 1. The Morgan fingerprint density at radius 1 is 1.15 bits per heavy atom. The van der Waals surface area contributed by atoms with Crippen molar-refractivity contribution in [1.29, 1.82) is 5.26 Å². The Labute approximate surface area is 155 Å². The first-order valence-electron chi connectivity index (χ1n) is 8.57. The molecule has 0 radical (unpaired) electrons. The Morgan fingerprint density at radius 3 is 2.59 bits per heavy atom. The summed E-state index contributed by atoms with van der Waals surface area (Å²) in [7, 11) is 1.74. The van der Waals surface area contributed by atoms with Crippen LogP contribution in [0.5, 0.6) is 0 Å². The van der Waals surface area contributed by atoms with Gasteiger partial charge in [0.15, 0.2) is 11.5 Å². The number of nitrogens with zero attached hydrogens (tertiary/aromatic N) is 8. The zero-order valence-corrected chi connectivity index (χ0v) is 14.7. The highest BCUT2D eigenvalue weighted by Gasteiger charge is 2.41. The fourth-order valence-electron chi connectivity index (χ4n) is 3.50. The fourth-order valence-corrected chi connectivity index (χ4v) is 3.50. The summed E-state index contributed by atoms with van der Waals surface area (Å²) in [5.74, 6) is 0.340. The van der Waals surface area contributed by atoms with Crippen LogP contribution in [0.3, 0.4) is 0 Å². The van der Waals surface area contributed by atoms with Crippen LogP contribution >= 0.6 is 0 Å². The summed E-state index contributed by atoms with van der Waals surface area (Å²) >= 11 is 0. The molecule has 3 aromatic heterocycles. The number of anilines is 1. The Balaban J connectivity index is 1.68. The molecule has 1 aliphatic heterocycles. The number of halogens is 1. The summed E-state index contributed by atoms with van der Waals surface area (Å²) in [4.78, 5) is 6.46. The van der Waals surface area contributed by atoms with Crippen LogP contribution in [0.2, 0.25) is 0 Å². The van der Waals surface area contributed by atoms with Gasteiger partial charge in [0.2, 0.25) is 0 Å². The van der Waals surface area contributed by atoms with Crippen LogP contribution in [-0.4, -0.2) is 43.0 Å². The second-order valence-electron chi connectivity index (χ2n) is 6.52. The Hall–Kier alpha value is -3.41. The molecule has 0 amide bonds. The van der Waals surface area contributed by atoms with E-state index in [-0.39, 0.29) is 12.8 Å². The molecular formula is C18H17FN8. The van der Waals surface area contributed by atoms with Gasteiger partial charge >= 0.3 is 0 Å². The quantitative estimate of drug-likeness (QED) is 0.701. The number of piperidine rings is 1. The first-order chi connectivity index (χ1) is 13.1. The van der Waals surface area contributed by atoms with Crippen LogP contribution in [-0.2, 0) is 12.7 Å². The van der Waals surface area contributed by atoms with Gasteiger partial charge in [0.25, 0.3) is 0 Å². The number of aromatic nitrogens is 6. The van der Waals surface area contributed by atoms with Crippen molar-refractivity contribution in [3.05, 3.63) is 48.4 Å². The molecular weight excluding hydrogens is 347 g/mol. The zero-order chi connectivity index (χ0) is 18.9. The van der Waals surface area contributed by atoms with Gasteiger partial charge in [-0.05, 0) is 12.1 Å². The molecule has 27 heavy (non-hydrogen) atoms. The van der Waals surface area contributed by atoms with Crippen molar-refractivity contribution >= 4 is 5.69 Å². The molecule has 0 atom stereocenters. The maximum absolute atomic E-state index is 15.4. The molecule has 0 bridgehead atoms. The third kappa shape index (κ3) is 2.99. The standard InChI is InChI=1S/C18H17FN8/c1-26-12-24-25-17(26)18(19)4-8-27(9-5-18)16-13(10-20)2-6-21-15(16)14-3-7-22-23-11-14/h2-3,6-7,11-12H,4-5,8-9H2,1H3. The first kappa shape index (κ1) is 17.0. The van der Waals surface area contributed by atoms with Gasteiger partial charge in [-0.3, -0.25) is 4.98 Å². The van der Waals surface area contributed by atoms with E-state index in [0.29, 0.717) is 35.9 Å². The molecule has 0 saturated carbocycles. The topological polar surface area (TPSA) is 96.4 Å². The largest absolute Gasteiger partial charge is 0.368 e. The zero-order valence-electron chi connectivity index (χ0n) is 14.7. The summed E-state index contributed by atoms with van der Waals surface area (Å²) in [5, 5.41) is 25.0. The molecule has 0 unspecified atom stereocenters. The molecule has 0 aliphatic carbocycles. The molecule has 3 aromatic rings. The smallest absolute Gasteiger partial charge is 0.173 e. The Morgan fingerprint density at radius 2 is 1.96 bits per heavy atom. The summed E-state index contributed by atoms with van der Waals surface area (Å²) < 4.78 is 17.1. The molecule has 9 heteroatoms. The third-order valence-electron chi connectivity index (χ3n) is 4.89. The van der Waals surface area contributed by atoms with E-state index in [0.717, 1.165) is 5.56 Å². The van der Waals surface area contributed by atoms with Crippen LogP contribution in [0.4, 0.5) is 10.1 Å². The second kappa shape index (κ2) is 6.72. The van der Waals surface area contributed by atoms with Crippen molar-refractivity contribution in [3.8, 4) is 17.3 Å². The van der Waals surface area contributed by atoms with Crippen LogP contribution in [0.15, 0.2) is 37.1 Å². The average Bonchev–Trinajstić information content (AvgIpc) is 3.15. The van der Waals surface area contributed by atoms with Gasteiger partial charge in [-0.15, -0.1) is 10.2 Å². The molecule has 1 fully saturated rings. The first-order valence-corrected chi connectivity index (χ1v) is 8.57. The lowest BCUT2D eigenvalue weighted by Crippen LogP contribution is -2.42. The van der Waals surface area contributed by atoms with Crippen molar-refractivity contribution in [2.75, 3.05) is 18.0 Å². The molecule has 1 aliphatic rings. The van der Waals surface area contributed by atoms with E-state index in [1.165, 1.54) is 6.33 Å². The second-order valence-corrected chi connectivity index (χ2v) is 6.52. The predicted molar refractivity (Wildman–Crippen MR) is 95.2 cm³/mol. The number of hydrogen-bond acceptors (Lipinski definition) is 7. The van der Waals surface area contributed by atoms with E-state index in [2.05, 4.69) is 31.4 Å². The van der Waals surface area contributed by atoms with Crippen LogP contribution < -0.4 is 4.90 Å². The van der Waals surface area contributed by atoms with E-state index in [9.17, 15) is 5.26 Å². The number of hydrogen-bond donors (Lipinski definition) is 0. The van der Waals surface area contributed by atoms with Gasteiger partial charge in [-0.25, -0.2) is 4.39 Å². The summed E-state index contributed by atoms with van der Waals surface area (Å²) in [6.07, 6.45) is 6.81. The molecule has 0 aromatic carbocycles. The Kier molecular flexibility index (Phi) is 4.24. The SMILES string of the molecule is Cn1cnnc1C1(F)CCN(c2c(C#N)ccnc2-c2ccnnc2)CC1. The van der Waals surface area contributed by atoms with Gasteiger partial charge in [-0.2, -0.15) is 15.5 Å². The van der Waals surface area contributed by atoms with Gasteiger partial charge in [0, 0.05) is 44.7 Å². The molecule has 4 rings (SSSR count). The third-order valence-corrected chi connectivity index (χ3v) is 4.89. The highest BCUT2D eigenvalue weighted by atomic mass is 19.1. The fraction of sp³-hybridized carbons (Fsp3) is 0.333. The van der Waals surface area contributed by atoms with E-state index in [1.54, 1.807) is 42.3 Å². The van der Waals surface area contributed by atoms with E-state index in [1.807, 2.05) is 4.90 Å². The average molecular weight is 364 g/mol. The highest BCUT2D eigenvalue weighted by Crippen LogP contribution is 2.40.